The summed E-state index contributed by atoms with van der Waals surface area (Å²) in [5.41, 5.74) is 1.15. The van der Waals surface area contributed by atoms with Gasteiger partial charge in [0.1, 0.15) is 12.0 Å². The zero-order valence-electron chi connectivity index (χ0n) is 17.1. The van der Waals surface area contributed by atoms with E-state index >= 15 is 0 Å². The van der Waals surface area contributed by atoms with Crippen molar-refractivity contribution in [3.05, 3.63) is 63.2 Å². The Morgan fingerprint density at radius 2 is 1.71 bits per heavy atom. The molecule has 3 heterocycles. The van der Waals surface area contributed by atoms with E-state index in [-0.39, 0.29) is 17.1 Å². The number of hydrogen-bond donors (Lipinski definition) is 0. The van der Waals surface area contributed by atoms with Crippen LogP contribution in [0.5, 0.6) is 5.75 Å². The Balaban J connectivity index is 1.30. The van der Waals surface area contributed by atoms with Gasteiger partial charge in [0.25, 0.3) is 0 Å². The maximum absolute atomic E-state index is 13.4. The molecule has 168 valence electrons. The van der Waals surface area contributed by atoms with E-state index in [0.29, 0.717) is 57.9 Å². The molecule has 31 heavy (non-hydrogen) atoms. The summed E-state index contributed by atoms with van der Waals surface area (Å²) in [4.78, 5) is 14.3. The number of nitrogens with zero attached hydrogens (tertiary/aromatic N) is 2. The predicted molar refractivity (Wildman–Crippen MR) is 109 cm³/mol. The SMILES string of the molecule is CS(=O)(=O)N1CCC(COc2coc(CN3Cc4cc(F)c(F)cc4C3)cc2=O)CC1. The third-order valence-corrected chi connectivity index (χ3v) is 7.08. The summed E-state index contributed by atoms with van der Waals surface area (Å²) in [7, 11) is -3.17. The van der Waals surface area contributed by atoms with Gasteiger partial charge in [-0.3, -0.25) is 9.69 Å². The Morgan fingerprint density at radius 3 is 2.26 bits per heavy atom. The van der Waals surface area contributed by atoms with Gasteiger partial charge in [-0.15, -0.1) is 0 Å². The van der Waals surface area contributed by atoms with Gasteiger partial charge in [-0.25, -0.2) is 21.5 Å². The summed E-state index contributed by atoms with van der Waals surface area (Å²) in [5.74, 6) is -1.01. The third-order valence-electron chi connectivity index (χ3n) is 5.78. The molecule has 4 rings (SSSR count). The van der Waals surface area contributed by atoms with Crippen molar-refractivity contribution in [3.63, 3.8) is 0 Å². The lowest BCUT2D eigenvalue weighted by atomic mass is 9.99. The first-order chi connectivity index (χ1) is 14.7. The average Bonchev–Trinajstić information content (AvgIpc) is 3.08. The van der Waals surface area contributed by atoms with Crippen LogP contribution in [0, 0.1) is 17.6 Å². The van der Waals surface area contributed by atoms with Gasteiger partial charge in [0.2, 0.25) is 21.2 Å². The molecular weight excluding hydrogens is 430 g/mol. The Kier molecular flexibility index (Phi) is 6.14. The fourth-order valence-electron chi connectivity index (χ4n) is 4.04. The molecule has 0 unspecified atom stereocenters. The van der Waals surface area contributed by atoms with E-state index in [2.05, 4.69) is 0 Å². The van der Waals surface area contributed by atoms with Gasteiger partial charge in [-0.2, -0.15) is 0 Å². The fraction of sp³-hybridized carbons (Fsp3) is 0.476. The molecule has 1 aromatic heterocycles. The van der Waals surface area contributed by atoms with E-state index in [9.17, 15) is 22.0 Å². The van der Waals surface area contributed by atoms with Crippen LogP contribution in [0.25, 0.3) is 0 Å². The first kappa shape index (κ1) is 21.9. The third kappa shape index (κ3) is 5.13. The zero-order chi connectivity index (χ0) is 22.2. The summed E-state index contributed by atoms with van der Waals surface area (Å²) >= 11 is 0. The van der Waals surface area contributed by atoms with Gasteiger partial charge in [0, 0.05) is 32.2 Å². The number of halogens is 2. The molecule has 0 N–H and O–H groups in total. The average molecular weight is 454 g/mol. The highest BCUT2D eigenvalue weighted by molar-refractivity contribution is 7.88. The van der Waals surface area contributed by atoms with Crippen molar-refractivity contribution in [1.82, 2.24) is 9.21 Å². The molecule has 2 aliphatic rings. The van der Waals surface area contributed by atoms with E-state index in [1.807, 2.05) is 4.90 Å². The van der Waals surface area contributed by atoms with Crippen molar-refractivity contribution in [2.24, 2.45) is 5.92 Å². The Morgan fingerprint density at radius 1 is 1.10 bits per heavy atom. The second-order valence-electron chi connectivity index (χ2n) is 8.17. The first-order valence-electron chi connectivity index (χ1n) is 10.1. The first-order valence-corrected chi connectivity index (χ1v) is 11.9. The molecule has 10 heteroatoms. The van der Waals surface area contributed by atoms with Crippen molar-refractivity contribution in [2.75, 3.05) is 26.0 Å². The highest BCUT2D eigenvalue weighted by atomic mass is 32.2. The van der Waals surface area contributed by atoms with E-state index in [0.717, 1.165) is 11.1 Å². The largest absolute Gasteiger partial charge is 0.486 e. The maximum atomic E-state index is 13.4. The summed E-state index contributed by atoms with van der Waals surface area (Å²) in [6.07, 6.45) is 3.83. The lowest BCUT2D eigenvalue weighted by molar-refractivity contribution is 0.180. The van der Waals surface area contributed by atoms with Crippen molar-refractivity contribution in [3.8, 4) is 5.75 Å². The second-order valence-corrected chi connectivity index (χ2v) is 10.2. The molecule has 0 bridgehead atoms. The Bertz CT molecular complexity index is 1100. The van der Waals surface area contributed by atoms with Crippen LogP contribution in [-0.2, 0) is 29.7 Å². The summed E-state index contributed by atoms with van der Waals surface area (Å²) in [6.45, 7) is 2.44. The van der Waals surface area contributed by atoms with Crippen LogP contribution in [0.1, 0.15) is 29.7 Å². The minimum atomic E-state index is -3.17. The molecule has 0 spiro atoms. The molecule has 0 amide bonds. The van der Waals surface area contributed by atoms with Crippen LogP contribution in [0.15, 0.2) is 33.7 Å². The summed E-state index contributed by atoms with van der Waals surface area (Å²) in [5, 5.41) is 0. The second kappa shape index (κ2) is 8.68. The van der Waals surface area contributed by atoms with Crippen LogP contribution in [-0.4, -0.2) is 43.6 Å². The van der Waals surface area contributed by atoms with Gasteiger partial charge < -0.3 is 9.15 Å². The highest BCUT2D eigenvalue weighted by Crippen LogP contribution is 2.26. The number of piperidine rings is 1. The quantitative estimate of drug-likeness (QED) is 0.667. The number of benzene rings is 1. The lowest BCUT2D eigenvalue weighted by Gasteiger charge is -2.29. The zero-order valence-corrected chi connectivity index (χ0v) is 18.0. The number of hydrogen-bond acceptors (Lipinski definition) is 6. The highest BCUT2D eigenvalue weighted by Gasteiger charge is 2.26. The van der Waals surface area contributed by atoms with Crippen molar-refractivity contribution >= 4 is 10.0 Å². The molecule has 0 aliphatic carbocycles. The normalized spacial score (nSPS) is 18.3. The number of sulfonamides is 1. The van der Waals surface area contributed by atoms with Gasteiger partial charge in [-0.05, 0) is 42.0 Å². The van der Waals surface area contributed by atoms with Crippen LogP contribution in [0.4, 0.5) is 8.78 Å². The van der Waals surface area contributed by atoms with Crippen LogP contribution in [0.2, 0.25) is 0 Å². The maximum Gasteiger partial charge on any atom is 0.227 e. The molecule has 2 aliphatic heterocycles. The minimum Gasteiger partial charge on any atom is -0.486 e. The number of rotatable bonds is 6. The van der Waals surface area contributed by atoms with Crippen molar-refractivity contribution < 1.29 is 26.4 Å². The molecule has 7 nitrogen and oxygen atoms in total. The molecule has 0 saturated carbocycles. The van der Waals surface area contributed by atoms with Crippen molar-refractivity contribution in [1.29, 1.82) is 0 Å². The molecular formula is C21H24F2N2O5S. The van der Waals surface area contributed by atoms with Gasteiger partial charge >= 0.3 is 0 Å². The van der Waals surface area contributed by atoms with E-state index < -0.39 is 21.7 Å². The molecule has 0 radical (unpaired) electrons. The van der Waals surface area contributed by atoms with Crippen molar-refractivity contribution in [2.45, 2.75) is 32.5 Å². The molecule has 0 atom stereocenters. The molecule has 1 fully saturated rings. The van der Waals surface area contributed by atoms with Crippen LogP contribution < -0.4 is 10.2 Å². The monoisotopic (exact) mass is 454 g/mol. The van der Waals surface area contributed by atoms with Crippen LogP contribution in [0.3, 0.4) is 0 Å². The Hall–Kier alpha value is -2.30. The Labute approximate surface area is 179 Å². The standard InChI is InChI=1S/C21H24F2N2O5S/c1-31(27,28)25-4-2-14(3-5-25)12-30-21-13-29-17(8-20(21)26)11-24-9-15-6-18(22)19(23)7-16(15)10-24/h6-8,13-14H,2-5,9-12H2,1H3. The van der Waals surface area contributed by atoms with Crippen LogP contribution >= 0.6 is 0 Å². The summed E-state index contributed by atoms with van der Waals surface area (Å²) < 4.78 is 62.6. The fourth-order valence-corrected chi connectivity index (χ4v) is 4.91. The number of ether oxygens (including phenoxy) is 1. The van der Waals surface area contributed by atoms with Gasteiger partial charge in [0.15, 0.2) is 11.6 Å². The van der Waals surface area contributed by atoms with Gasteiger partial charge in [0.05, 0.1) is 19.4 Å². The van der Waals surface area contributed by atoms with E-state index in [1.54, 1.807) is 0 Å². The lowest BCUT2D eigenvalue weighted by Crippen LogP contribution is -2.39. The van der Waals surface area contributed by atoms with E-state index in [1.165, 1.54) is 35.0 Å². The molecule has 1 aromatic carbocycles. The summed E-state index contributed by atoms with van der Waals surface area (Å²) in [6, 6.07) is 3.78. The molecule has 1 saturated heterocycles. The topological polar surface area (TPSA) is 80.1 Å². The predicted octanol–water partition coefficient (Wildman–Crippen LogP) is 2.48. The van der Waals surface area contributed by atoms with Gasteiger partial charge in [-0.1, -0.05) is 0 Å². The molecule has 2 aromatic rings. The minimum absolute atomic E-state index is 0.114. The van der Waals surface area contributed by atoms with E-state index in [4.69, 9.17) is 9.15 Å². The number of fused-ring (bicyclic) bond motifs is 1. The smallest absolute Gasteiger partial charge is 0.227 e.